The molecule has 1 unspecified atom stereocenters. The van der Waals surface area contributed by atoms with Crippen LogP contribution >= 0.6 is 0 Å². The van der Waals surface area contributed by atoms with Crippen molar-refractivity contribution in [1.82, 2.24) is 4.90 Å². The molecule has 1 heteroatoms. The molecule has 1 atom stereocenters. The van der Waals surface area contributed by atoms with Crippen LogP contribution in [-0.2, 0) is 0 Å². The largest absolute Gasteiger partial charge is 0.292 e. The fraction of sp³-hybridized carbons (Fsp3) is 0.818. The molecule has 0 radical (unpaired) electrons. The minimum absolute atomic E-state index is 0.519. The first-order valence-corrected chi connectivity index (χ1v) is 4.89. The van der Waals surface area contributed by atoms with Crippen molar-refractivity contribution < 1.29 is 0 Å². The van der Waals surface area contributed by atoms with Crippen LogP contribution in [0.15, 0.2) is 0 Å². The van der Waals surface area contributed by atoms with Gasteiger partial charge >= 0.3 is 0 Å². The molecule has 1 heterocycles. The maximum absolute atomic E-state index is 3.22. The number of hydrogen-bond acceptors (Lipinski definition) is 1. The summed E-state index contributed by atoms with van der Waals surface area (Å²) in [6.07, 6.45) is 1.35. The molecule has 0 spiro atoms. The van der Waals surface area contributed by atoms with Crippen molar-refractivity contribution >= 4 is 0 Å². The first kappa shape index (κ1) is 9.61. The SMILES string of the molecule is CC(C)C#CCN1CCC(C)C1. The van der Waals surface area contributed by atoms with Crippen molar-refractivity contribution in [2.45, 2.75) is 27.2 Å². The molecular formula is C11H19N. The van der Waals surface area contributed by atoms with Gasteiger partial charge in [-0.05, 0) is 18.9 Å². The van der Waals surface area contributed by atoms with E-state index in [4.69, 9.17) is 0 Å². The van der Waals surface area contributed by atoms with E-state index in [0.717, 1.165) is 12.5 Å². The Kier molecular flexibility index (Phi) is 3.62. The zero-order valence-corrected chi connectivity index (χ0v) is 8.43. The molecule has 0 aliphatic carbocycles. The van der Waals surface area contributed by atoms with Crippen molar-refractivity contribution in [3.63, 3.8) is 0 Å². The van der Waals surface area contributed by atoms with Crippen LogP contribution in [0.3, 0.4) is 0 Å². The van der Waals surface area contributed by atoms with Gasteiger partial charge in [-0.15, -0.1) is 0 Å². The van der Waals surface area contributed by atoms with E-state index in [1.165, 1.54) is 19.5 Å². The molecule has 1 aliphatic heterocycles. The predicted octanol–water partition coefficient (Wildman–Crippen LogP) is 1.99. The van der Waals surface area contributed by atoms with Crippen LogP contribution in [-0.4, -0.2) is 24.5 Å². The molecule has 0 saturated carbocycles. The molecule has 0 N–H and O–H groups in total. The van der Waals surface area contributed by atoms with E-state index >= 15 is 0 Å². The number of rotatable bonds is 1. The highest BCUT2D eigenvalue weighted by Gasteiger charge is 2.16. The quantitative estimate of drug-likeness (QED) is 0.537. The van der Waals surface area contributed by atoms with Crippen LogP contribution in [0, 0.1) is 23.7 Å². The fourth-order valence-corrected chi connectivity index (χ4v) is 1.53. The van der Waals surface area contributed by atoms with E-state index in [2.05, 4.69) is 37.5 Å². The average molecular weight is 165 g/mol. The second kappa shape index (κ2) is 4.52. The van der Waals surface area contributed by atoms with Crippen molar-refractivity contribution in [3.05, 3.63) is 0 Å². The van der Waals surface area contributed by atoms with E-state index in [1.54, 1.807) is 0 Å². The number of hydrogen-bond donors (Lipinski definition) is 0. The lowest BCUT2D eigenvalue weighted by Gasteiger charge is -2.09. The summed E-state index contributed by atoms with van der Waals surface area (Å²) in [4.78, 5) is 2.44. The third-order valence-corrected chi connectivity index (χ3v) is 2.20. The Morgan fingerprint density at radius 1 is 1.50 bits per heavy atom. The minimum atomic E-state index is 0.519. The third-order valence-electron chi connectivity index (χ3n) is 2.20. The van der Waals surface area contributed by atoms with Crippen LogP contribution in [0.2, 0.25) is 0 Å². The highest BCUT2D eigenvalue weighted by atomic mass is 15.1. The van der Waals surface area contributed by atoms with Crippen LogP contribution in [0.5, 0.6) is 0 Å². The maximum atomic E-state index is 3.22. The van der Waals surface area contributed by atoms with Crippen molar-refractivity contribution in [2.24, 2.45) is 11.8 Å². The lowest BCUT2D eigenvalue weighted by Crippen LogP contribution is -2.20. The highest BCUT2D eigenvalue weighted by Crippen LogP contribution is 2.13. The monoisotopic (exact) mass is 165 g/mol. The number of nitrogens with zero attached hydrogens (tertiary/aromatic N) is 1. The van der Waals surface area contributed by atoms with Crippen LogP contribution in [0.1, 0.15) is 27.2 Å². The molecule has 1 fully saturated rings. The molecule has 0 amide bonds. The Hall–Kier alpha value is -0.480. The van der Waals surface area contributed by atoms with Gasteiger partial charge in [-0.2, -0.15) is 0 Å². The standard InChI is InChI=1S/C11H19N/c1-10(2)5-4-7-12-8-6-11(3)9-12/h10-11H,6-9H2,1-3H3. The van der Waals surface area contributed by atoms with E-state index in [9.17, 15) is 0 Å². The zero-order valence-electron chi connectivity index (χ0n) is 8.43. The Bertz CT molecular complexity index is 185. The second-order valence-corrected chi connectivity index (χ2v) is 4.10. The predicted molar refractivity (Wildman–Crippen MR) is 52.8 cm³/mol. The molecule has 1 aliphatic rings. The molecule has 0 aromatic rings. The van der Waals surface area contributed by atoms with Crippen LogP contribution in [0.25, 0.3) is 0 Å². The summed E-state index contributed by atoms with van der Waals surface area (Å²) < 4.78 is 0. The number of likely N-dealkylation sites (tertiary alicyclic amines) is 1. The van der Waals surface area contributed by atoms with Crippen molar-refractivity contribution in [1.29, 1.82) is 0 Å². The smallest absolute Gasteiger partial charge is 0.0601 e. The Labute approximate surface area is 76.1 Å². The van der Waals surface area contributed by atoms with Gasteiger partial charge in [0, 0.05) is 12.5 Å². The fourth-order valence-electron chi connectivity index (χ4n) is 1.53. The molecule has 12 heavy (non-hydrogen) atoms. The van der Waals surface area contributed by atoms with Gasteiger partial charge in [-0.3, -0.25) is 4.90 Å². The Morgan fingerprint density at radius 2 is 2.25 bits per heavy atom. The van der Waals surface area contributed by atoms with Crippen molar-refractivity contribution in [2.75, 3.05) is 19.6 Å². The molecule has 1 rings (SSSR count). The Balaban J connectivity index is 2.21. The average Bonchev–Trinajstić information content (AvgIpc) is 2.35. The van der Waals surface area contributed by atoms with Crippen LogP contribution in [0.4, 0.5) is 0 Å². The van der Waals surface area contributed by atoms with Gasteiger partial charge in [0.15, 0.2) is 0 Å². The summed E-state index contributed by atoms with van der Waals surface area (Å²) in [5, 5.41) is 0. The molecule has 0 aromatic heterocycles. The van der Waals surface area contributed by atoms with Gasteiger partial charge in [0.2, 0.25) is 0 Å². The molecule has 1 nitrogen and oxygen atoms in total. The first-order valence-electron chi connectivity index (χ1n) is 4.89. The van der Waals surface area contributed by atoms with Crippen LogP contribution < -0.4 is 0 Å². The molecular weight excluding hydrogens is 146 g/mol. The molecule has 68 valence electrons. The summed E-state index contributed by atoms with van der Waals surface area (Å²) >= 11 is 0. The summed E-state index contributed by atoms with van der Waals surface area (Å²) in [6, 6.07) is 0. The van der Waals surface area contributed by atoms with E-state index < -0.39 is 0 Å². The van der Waals surface area contributed by atoms with Crippen molar-refractivity contribution in [3.8, 4) is 11.8 Å². The highest BCUT2D eigenvalue weighted by molar-refractivity contribution is 5.03. The Morgan fingerprint density at radius 3 is 2.75 bits per heavy atom. The first-order chi connectivity index (χ1) is 5.68. The van der Waals surface area contributed by atoms with E-state index in [1.807, 2.05) is 0 Å². The third kappa shape index (κ3) is 3.28. The minimum Gasteiger partial charge on any atom is -0.292 e. The molecule has 1 saturated heterocycles. The summed E-state index contributed by atoms with van der Waals surface area (Å²) in [5.41, 5.74) is 0. The lowest BCUT2D eigenvalue weighted by atomic mass is 10.2. The van der Waals surface area contributed by atoms with Gasteiger partial charge < -0.3 is 0 Å². The zero-order chi connectivity index (χ0) is 8.97. The van der Waals surface area contributed by atoms with Gasteiger partial charge in [-0.25, -0.2) is 0 Å². The van der Waals surface area contributed by atoms with Gasteiger partial charge in [0.25, 0.3) is 0 Å². The topological polar surface area (TPSA) is 3.24 Å². The van der Waals surface area contributed by atoms with E-state index in [0.29, 0.717) is 5.92 Å². The molecule has 0 aromatic carbocycles. The molecule has 0 bridgehead atoms. The summed E-state index contributed by atoms with van der Waals surface area (Å²) in [7, 11) is 0. The summed E-state index contributed by atoms with van der Waals surface area (Å²) in [5.74, 6) is 7.82. The van der Waals surface area contributed by atoms with Gasteiger partial charge in [-0.1, -0.05) is 32.6 Å². The normalized spacial score (nSPS) is 24.2. The maximum Gasteiger partial charge on any atom is 0.0601 e. The lowest BCUT2D eigenvalue weighted by molar-refractivity contribution is 0.369. The summed E-state index contributed by atoms with van der Waals surface area (Å²) in [6.45, 7) is 10.1. The van der Waals surface area contributed by atoms with E-state index in [-0.39, 0.29) is 0 Å². The van der Waals surface area contributed by atoms with Gasteiger partial charge in [0.1, 0.15) is 0 Å². The second-order valence-electron chi connectivity index (χ2n) is 4.10. The van der Waals surface area contributed by atoms with Gasteiger partial charge in [0.05, 0.1) is 6.54 Å².